The highest BCUT2D eigenvalue weighted by atomic mass is 15.1. The molecule has 0 aliphatic carbocycles. The van der Waals surface area contributed by atoms with Gasteiger partial charge >= 0.3 is 0 Å². The van der Waals surface area contributed by atoms with Crippen molar-refractivity contribution in [1.29, 1.82) is 0 Å². The van der Waals surface area contributed by atoms with Gasteiger partial charge in [0.05, 0.1) is 0 Å². The largest absolute Gasteiger partial charge is 0.370 e. The number of unbranched alkanes of at least 4 members (excludes halogenated alkanes) is 1. The van der Waals surface area contributed by atoms with Crippen LogP contribution in [0.2, 0.25) is 0 Å². The van der Waals surface area contributed by atoms with Gasteiger partial charge in [-0.15, -0.1) is 0 Å². The zero-order chi connectivity index (χ0) is 13.3. The third-order valence-electron chi connectivity index (χ3n) is 3.50. The van der Waals surface area contributed by atoms with E-state index in [9.17, 15) is 0 Å². The average molecular weight is 263 g/mol. The van der Waals surface area contributed by atoms with Gasteiger partial charge in [-0.05, 0) is 44.3 Å². The van der Waals surface area contributed by atoms with Gasteiger partial charge in [0.1, 0.15) is 5.82 Å². The molecule has 5 nitrogen and oxygen atoms in total. The van der Waals surface area contributed by atoms with Crippen molar-refractivity contribution in [3.63, 3.8) is 0 Å². The Morgan fingerprint density at radius 3 is 2.95 bits per heavy atom. The lowest BCUT2D eigenvalue weighted by atomic mass is 9.98. The van der Waals surface area contributed by atoms with Gasteiger partial charge in [-0.1, -0.05) is 13.3 Å². The van der Waals surface area contributed by atoms with E-state index in [0.29, 0.717) is 0 Å². The highest BCUT2D eigenvalue weighted by molar-refractivity contribution is 5.39. The first-order chi connectivity index (χ1) is 9.38. The van der Waals surface area contributed by atoms with Gasteiger partial charge in [0.15, 0.2) is 0 Å². The number of aromatic nitrogens is 2. The zero-order valence-corrected chi connectivity index (χ0v) is 11.8. The highest BCUT2D eigenvalue weighted by Gasteiger charge is 2.12. The summed E-state index contributed by atoms with van der Waals surface area (Å²) in [6.07, 6.45) is 6.64. The summed E-state index contributed by atoms with van der Waals surface area (Å²) < 4.78 is 0. The molecule has 0 amide bonds. The second kappa shape index (κ2) is 7.94. The van der Waals surface area contributed by atoms with Gasteiger partial charge in [0.2, 0.25) is 5.95 Å². The van der Waals surface area contributed by atoms with E-state index in [1.165, 1.54) is 19.3 Å². The quantitative estimate of drug-likeness (QED) is 0.658. The molecule has 1 aromatic rings. The Balaban J connectivity index is 1.77. The van der Waals surface area contributed by atoms with Crippen LogP contribution in [0, 0.1) is 5.92 Å². The molecule has 1 aliphatic heterocycles. The Bertz CT molecular complexity index is 363. The first-order valence-corrected chi connectivity index (χ1v) is 7.40. The lowest BCUT2D eigenvalue weighted by molar-refractivity contribution is 0.389. The Morgan fingerprint density at radius 2 is 2.16 bits per heavy atom. The van der Waals surface area contributed by atoms with E-state index < -0.39 is 0 Å². The van der Waals surface area contributed by atoms with E-state index in [4.69, 9.17) is 0 Å². The maximum Gasteiger partial charge on any atom is 0.224 e. The number of hydrogen-bond donors (Lipinski definition) is 3. The van der Waals surface area contributed by atoms with Crippen molar-refractivity contribution in [2.24, 2.45) is 5.92 Å². The first-order valence-electron chi connectivity index (χ1n) is 7.40. The van der Waals surface area contributed by atoms with Crippen molar-refractivity contribution >= 4 is 11.8 Å². The normalized spacial score (nSPS) is 16.3. The predicted octanol–water partition coefficient (Wildman–Crippen LogP) is 2.10. The molecular weight excluding hydrogens is 238 g/mol. The Labute approximate surface area is 115 Å². The van der Waals surface area contributed by atoms with E-state index in [1.807, 2.05) is 12.3 Å². The molecule has 106 valence electrons. The fourth-order valence-corrected chi connectivity index (χ4v) is 2.25. The van der Waals surface area contributed by atoms with Crippen LogP contribution in [0.5, 0.6) is 0 Å². The van der Waals surface area contributed by atoms with Crippen LogP contribution in [0.3, 0.4) is 0 Å². The van der Waals surface area contributed by atoms with Crippen LogP contribution in [0.15, 0.2) is 12.3 Å². The van der Waals surface area contributed by atoms with Gasteiger partial charge in [0, 0.05) is 19.3 Å². The maximum absolute atomic E-state index is 4.48. The summed E-state index contributed by atoms with van der Waals surface area (Å²) in [7, 11) is 0. The van der Waals surface area contributed by atoms with E-state index in [1.54, 1.807) is 0 Å². The molecule has 1 saturated heterocycles. The van der Waals surface area contributed by atoms with E-state index in [0.717, 1.165) is 50.3 Å². The molecular formula is C14H25N5. The minimum Gasteiger partial charge on any atom is -0.370 e. The van der Waals surface area contributed by atoms with Crippen LogP contribution in [0.1, 0.15) is 32.6 Å². The molecule has 0 saturated carbocycles. The Morgan fingerprint density at radius 1 is 1.32 bits per heavy atom. The average Bonchev–Trinajstić information content (AvgIpc) is 2.47. The molecule has 5 heteroatoms. The van der Waals surface area contributed by atoms with Crippen LogP contribution < -0.4 is 16.0 Å². The number of nitrogens with one attached hydrogen (secondary N) is 3. The summed E-state index contributed by atoms with van der Waals surface area (Å²) in [4.78, 5) is 8.71. The van der Waals surface area contributed by atoms with Crippen molar-refractivity contribution in [2.75, 3.05) is 36.8 Å². The van der Waals surface area contributed by atoms with Gasteiger partial charge in [-0.25, -0.2) is 4.98 Å². The number of piperidine rings is 1. The molecule has 19 heavy (non-hydrogen) atoms. The van der Waals surface area contributed by atoms with Crippen LogP contribution in [0.4, 0.5) is 11.8 Å². The molecule has 0 atom stereocenters. The second-order valence-corrected chi connectivity index (χ2v) is 5.12. The summed E-state index contributed by atoms with van der Waals surface area (Å²) in [6, 6.07) is 1.94. The van der Waals surface area contributed by atoms with Gasteiger partial charge in [-0.2, -0.15) is 4.98 Å². The molecule has 0 aromatic carbocycles. The van der Waals surface area contributed by atoms with Crippen molar-refractivity contribution in [2.45, 2.75) is 32.6 Å². The van der Waals surface area contributed by atoms with E-state index >= 15 is 0 Å². The van der Waals surface area contributed by atoms with E-state index in [2.05, 4.69) is 32.8 Å². The molecule has 0 spiro atoms. The molecule has 2 heterocycles. The lowest BCUT2D eigenvalue weighted by Crippen LogP contribution is -2.31. The molecule has 0 bridgehead atoms. The van der Waals surface area contributed by atoms with Gasteiger partial charge in [0.25, 0.3) is 0 Å². The molecule has 1 aliphatic rings. The van der Waals surface area contributed by atoms with Crippen molar-refractivity contribution < 1.29 is 0 Å². The molecule has 3 N–H and O–H groups in total. The molecule has 0 radical (unpaired) electrons. The van der Waals surface area contributed by atoms with Crippen molar-refractivity contribution in [3.05, 3.63) is 12.3 Å². The van der Waals surface area contributed by atoms with Crippen molar-refractivity contribution in [3.8, 4) is 0 Å². The predicted molar refractivity (Wildman–Crippen MR) is 79.5 cm³/mol. The number of rotatable bonds is 7. The number of hydrogen-bond acceptors (Lipinski definition) is 5. The van der Waals surface area contributed by atoms with Crippen LogP contribution >= 0.6 is 0 Å². The van der Waals surface area contributed by atoms with Crippen LogP contribution in [-0.2, 0) is 0 Å². The summed E-state index contributed by atoms with van der Waals surface area (Å²) >= 11 is 0. The van der Waals surface area contributed by atoms with Crippen LogP contribution in [0.25, 0.3) is 0 Å². The second-order valence-electron chi connectivity index (χ2n) is 5.12. The topological polar surface area (TPSA) is 61.9 Å². The Kier molecular flexibility index (Phi) is 5.88. The van der Waals surface area contributed by atoms with Gasteiger partial charge < -0.3 is 16.0 Å². The molecule has 0 unspecified atom stereocenters. The standard InChI is InChI=1S/C14H25N5/c1-2-3-7-16-14-17-10-6-13(19-14)18-11-12-4-8-15-9-5-12/h6,10,12,15H,2-5,7-9,11H2,1H3,(H2,16,17,18,19). The summed E-state index contributed by atoms with van der Waals surface area (Å²) in [5.41, 5.74) is 0. The van der Waals surface area contributed by atoms with E-state index in [-0.39, 0.29) is 0 Å². The number of nitrogens with zero attached hydrogens (tertiary/aromatic N) is 2. The van der Waals surface area contributed by atoms with Gasteiger partial charge in [-0.3, -0.25) is 0 Å². The third-order valence-corrected chi connectivity index (χ3v) is 3.50. The molecule has 1 aromatic heterocycles. The minimum atomic E-state index is 0.726. The summed E-state index contributed by atoms with van der Waals surface area (Å²) in [6.45, 7) is 6.40. The first kappa shape index (κ1) is 14.1. The lowest BCUT2D eigenvalue weighted by Gasteiger charge is -2.22. The molecule has 1 fully saturated rings. The summed E-state index contributed by atoms with van der Waals surface area (Å²) in [5.74, 6) is 2.41. The summed E-state index contributed by atoms with van der Waals surface area (Å²) in [5, 5.41) is 10.1. The Hall–Kier alpha value is -1.36. The monoisotopic (exact) mass is 263 g/mol. The fraction of sp³-hybridized carbons (Fsp3) is 0.714. The fourth-order valence-electron chi connectivity index (χ4n) is 2.25. The highest BCUT2D eigenvalue weighted by Crippen LogP contribution is 2.13. The number of anilines is 2. The third kappa shape index (κ3) is 5.03. The minimum absolute atomic E-state index is 0.726. The maximum atomic E-state index is 4.48. The SMILES string of the molecule is CCCCNc1nccc(NCC2CCNCC2)n1. The smallest absolute Gasteiger partial charge is 0.224 e. The van der Waals surface area contributed by atoms with Crippen molar-refractivity contribution in [1.82, 2.24) is 15.3 Å². The molecule has 2 rings (SSSR count). The zero-order valence-electron chi connectivity index (χ0n) is 11.8. The van der Waals surface area contributed by atoms with Crippen LogP contribution in [-0.4, -0.2) is 36.1 Å².